The maximum atomic E-state index is 12.8. The number of rotatable bonds is 14. The van der Waals surface area contributed by atoms with E-state index in [1.807, 2.05) is 70.2 Å². The third-order valence-electron chi connectivity index (χ3n) is 7.15. The summed E-state index contributed by atoms with van der Waals surface area (Å²) in [4.78, 5) is 12.8. The van der Waals surface area contributed by atoms with Crippen molar-refractivity contribution in [2.45, 2.75) is 64.7 Å². The second kappa shape index (κ2) is 15.4. The first-order valence-electron chi connectivity index (χ1n) is 13.8. The first-order chi connectivity index (χ1) is 19.8. The summed E-state index contributed by atoms with van der Waals surface area (Å²) in [6.07, 6.45) is 2.32. The molecule has 0 saturated heterocycles. The second-order valence-corrected chi connectivity index (χ2v) is 13.4. The predicted molar refractivity (Wildman–Crippen MR) is 170 cm³/mol. The highest BCUT2D eigenvalue weighted by atomic mass is 35.5. The number of hydrogen-bond acceptors (Lipinski definition) is 6. The van der Waals surface area contributed by atoms with Gasteiger partial charge < -0.3 is 9.47 Å². The van der Waals surface area contributed by atoms with E-state index in [-0.39, 0.29) is 36.8 Å². The molecule has 0 bridgehead atoms. The molecule has 0 heterocycles. The van der Waals surface area contributed by atoms with Crippen molar-refractivity contribution < 1.29 is 26.9 Å². The van der Waals surface area contributed by atoms with Gasteiger partial charge in [-0.1, -0.05) is 98.0 Å². The van der Waals surface area contributed by atoms with Gasteiger partial charge in [0.25, 0.3) is 10.1 Å². The second-order valence-electron chi connectivity index (χ2n) is 10.6. The van der Waals surface area contributed by atoms with Crippen molar-refractivity contribution in [2.75, 3.05) is 19.5 Å². The van der Waals surface area contributed by atoms with Crippen molar-refractivity contribution in [3.63, 3.8) is 0 Å². The van der Waals surface area contributed by atoms with Crippen LogP contribution >= 0.6 is 34.8 Å². The molecule has 0 N–H and O–H groups in total. The minimum Gasteiger partial charge on any atom is -0.492 e. The maximum Gasteiger partial charge on any atom is 0.311 e. The summed E-state index contributed by atoms with van der Waals surface area (Å²) in [5.41, 5.74) is 3.57. The fourth-order valence-electron chi connectivity index (χ4n) is 4.61. The Balaban J connectivity index is 1.58. The molecule has 0 radical (unpaired) electrons. The number of carbonyl (C=O) groups is 1. The van der Waals surface area contributed by atoms with Crippen LogP contribution in [-0.2, 0) is 19.1 Å². The zero-order valence-corrected chi connectivity index (χ0v) is 27.5. The Bertz CT molecular complexity index is 1490. The third kappa shape index (κ3) is 9.61. The monoisotopic (exact) mass is 654 g/mol. The molecular weight excluding hydrogens is 619 g/mol. The molecule has 3 aromatic rings. The topological polar surface area (TPSA) is 78.9 Å². The zero-order valence-electron chi connectivity index (χ0n) is 24.5. The Labute approximate surface area is 264 Å². The van der Waals surface area contributed by atoms with Crippen LogP contribution in [0.15, 0.2) is 54.6 Å². The van der Waals surface area contributed by atoms with Crippen molar-refractivity contribution in [1.82, 2.24) is 0 Å². The van der Waals surface area contributed by atoms with E-state index in [1.165, 1.54) is 0 Å². The summed E-state index contributed by atoms with van der Waals surface area (Å²) in [5, 5.41) is 1.55. The van der Waals surface area contributed by atoms with Crippen molar-refractivity contribution in [3.8, 4) is 11.5 Å². The number of hydrogen-bond donors (Lipinski definition) is 0. The Morgan fingerprint density at radius 2 is 1.24 bits per heavy atom. The van der Waals surface area contributed by atoms with Crippen LogP contribution in [0.2, 0.25) is 15.1 Å². The lowest BCUT2D eigenvalue weighted by Crippen LogP contribution is -2.13. The van der Waals surface area contributed by atoms with Crippen molar-refractivity contribution in [2.24, 2.45) is 0 Å². The van der Waals surface area contributed by atoms with Gasteiger partial charge in [-0.15, -0.1) is 0 Å². The molecule has 6 nitrogen and oxygen atoms in total. The summed E-state index contributed by atoms with van der Waals surface area (Å²) in [6.45, 7) is 8.32. The van der Waals surface area contributed by atoms with Gasteiger partial charge in [-0.25, -0.2) is 0 Å². The van der Waals surface area contributed by atoms with E-state index < -0.39 is 10.1 Å². The lowest BCUT2D eigenvalue weighted by atomic mass is 9.96. The smallest absolute Gasteiger partial charge is 0.311 e. The maximum absolute atomic E-state index is 12.8. The molecule has 0 aliphatic heterocycles. The van der Waals surface area contributed by atoms with Gasteiger partial charge in [-0.3, -0.25) is 8.98 Å². The van der Waals surface area contributed by atoms with Crippen molar-refractivity contribution in [3.05, 3.63) is 91.9 Å². The van der Waals surface area contributed by atoms with Gasteiger partial charge in [0.1, 0.15) is 11.5 Å². The first-order valence-corrected chi connectivity index (χ1v) is 16.7. The van der Waals surface area contributed by atoms with Gasteiger partial charge in [0.15, 0.2) is 0 Å². The SMILES string of the molecule is Cc1cccc(C(C)CC(=O)Oc2cccc(C(C)CCOc3cccc(C(C)CCOS(C)(=O)=O)c3Cl)c2Cl)c1Cl. The number of benzene rings is 3. The molecule has 0 saturated carbocycles. The van der Waals surface area contributed by atoms with Gasteiger partial charge in [0, 0.05) is 5.02 Å². The van der Waals surface area contributed by atoms with Crippen LogP contribution in [0.4, 0.5) is 0 Å². The average Bonchev–Trinajstić information content (AvgIpc) is 2.91. The van der Waals surface area contributed by atoms with Crippen molar-refractivity contribution in [1.29, 1.82) is 0 Å². The van der Waals surface area contributed by atoms with Crippen LogP contribution in [0.5, 0.6) is 11.5 Å². The molecule has 3 unspecified atom stereocenters. The van der Waals surface area contributed by atoms with Crippen LogP contribution in [0.3, 0.4) is 0 Å². The molecule has 0 amide bonds. The Kier molecular flexibility index (Phi) is 12.6. The standard InChI is InChI=1S/C32H37Cl3O6S/c1-20(15-17-39-27-13-7-11-24(31(27)34)21(2)16-18-40-42(5,37)38)25-12-8-14-28(32(25)35)41-29(36)19-23(4)26-10-6-9-22(3)30(26)33/h6-14,20-21,23H,15-19H2,1-5H3. The lowest BCUT2D eigenvalue weighted by Gasteiger charge is -2.19. The van der Waals surface area contributed by atoms with E-state index in [0.717, 1.165) is 28.5 Å². The summed E-state index contributed by atoms with van der Waals surface area (Å²) < 4.78 is 39.0. The number of aryl methyl sites for hydroxylation is 1. The minimum atomic E-state index is -3.49. The van der Waals surface area contributed by atoms with Gasteiger partial charge in [-0.2, -0.15) is 8.42 Å². The molecule has 0 aromatic heterocycles. The van der Waals surface area contributed by atoms with Crippen molar-refractivity contribution >= 4 is 50.9 Å². The Morgan fingerprint density at radius 3 is 1.83 bits per heavy atom. The highest BCUT2D eigenvalue weighted by Crippen LogP contribution is 2.37. The van der Waals surface area contributed by atoms with E-state index in [2.05, 4.69) is 0 Å². The molecule has 3 aromatic carbocycles. The van der Waals surface area contributed by atoms with Gasteiger partial charge in [0.2, 0.25) is 0 Å². The van der Waals surface area contributed by atoms with E-state index >= 15 is 0 Å². The molecular formula is C32H37Cl3O6S. The normalized spacial score (nSPS) is 13.8. The number of esters is 1. The summed E-state index contributed by atoms with van der Waals surface area (Å²) >= 11 is 19.8. The molecule has 0 fully saturated rings. The summed E-state index contributed by atoms with van der Waals surface area (Å²) in [6, 6.07) is 16.7. The van der Waals surface area contributed by atoms with Crippen LogP contribution in [-0.4, -0.2) is 33.9 Å². The third-order valence-corrected chi connectivity index (χ3v) is 9.07. The van der Waals surface area contributed by atoms with E-state index in [9.17, 15) is 13.2 Å². The number of carbonyl (C=O) groups excluding carboxylic acids is 1. The Hall–Kier alpha value is -2.29. The molecule has 0 aliphatic carbocycles. The Morgan fingerprint density at radius 1 is 0.738 bits per heavy atom. The molecule has 10 heteroatoms. The average molecular weight is 656 g/mol. The minimum absolute atomic E-state index is 0.00944. The van der Waals surface area contributed by atoms with Gasteiger partial charge >= 0.3 is 5.97 Å². The molecule has 42 heavy (non-hydrogen) atoms. The van der Waals surface area contributed by atoms with Gasteiger partial charge in [0.05, 0.1) is 35.9 Å². The summed E-state index contributed by atoms with van der Waals surface area (Å²) in [7, 11) is -3.49. The highest BCUT2D eigenvalue weighted by Gasteiger charge is 2.20. The van der Waals surface area contributed by atoms with Crippen LogP contribution in [0.25, 0.3) is 0 Å². The number of ether oxygens (including phenoxy) is 2. The lowest BCUT2D eigenvalue weighted by molar-refractivity contribution is -0.134. The van der Waals surface area contributed by atoms with Crippen LogP contribution in [0, 0.1) is 6.92 Å². The van der Waals surface area contributed by atoms with Crippen LogP contribution in [0.1, 0.15) is 80.0 Å². The van der Waals surface area contributed by atoms with E-state index in [4.69, 9.17) is 48.5 Å². The summed E-state index contributed by atoms with van der Waals surface area (Å²) in [5.74, 6) is 0.352. The number of halogens is 3. The predicted octanol–water partition coefficient (Wildman–Crippen LogP) is 9.10. The van der Waals surface area contributed by atoms with Crippen LogP contribution < -0.4 is 9.47 Å². The zero-order chi connectivity index (χ0) is 31.0. The fourth-order valence-corrected chi connectivity index (χ4v) is 6.04. The quantitative estimate of drug-likeness (QED) is 0.0979. The first kappa shape index (κ1) is 34.2. The highest BCUT2D eigenvalue weighted by molar-refractivity contribution is 7.85. The van der Waals surface area contributed by atoms with E-state index in [0.29, 0.717) is 46.0 Å². The van der Waals surface area contributed by atoms with E-state index in [1.54, 1.807) is 12.1 Å². The van der Waals surface area contributed by atoms with Gasteiger partial charge in [-0.05, 0) is 71.9 Å². The molecule has 3 rings (SSSR count). The molecule has 0 spiro atoms. The fraction of sp³-hybridized carbons (Fsp3) is 0.406. The molecule has 3 atom stereocenters. The molecule has 0 aliphatic rings. The molecule has 228 valence electrons. The largest absolute Gasteiger partial charge is 0.492 e.